The van der Waals surface area contributed by atoms with E-state index in [0.29, 0.717) is 0 Å². The van der Waals surface area contributed by atoms with Crippen LogP contribution in [-0.4, -0.2) is 142 Å². The zero-order valence-corrected chi connectivity index (χ0v) is 26.8. The first kappa shape index (κ1) is 37.4. The molecule has 0 bridgehead atoms. The van der Waals surface area contributed by atoms with Crippen LogP contribution in [0.3, 0.4) is 0 Å². The Hall–Kier alpha value is -0.0500. The van der Waals surface area contributed by atoms with Gasteiger partial charge in [-0.25, -0.2) is 0 Å². The van der Waals surface area contributed by atoms with Crippen LogP contribution < -0.4 is 40.4 Å². The van der Waals surface area contributed by atoms with Gasteiger partial charge in [0.05, 0.1) is 37.0 Å². The number of carboxylic acid groups (broad SMARTS) is 1. The minimum Gasteiger partial charge on any atom is -0.547 e. The van der Waals surface area contributed by atoms with Gasteiger partial charge in [0, 0.05) is 13.2 Å². The van der Waals surface area contributed by atoms with E-state index in [2.05, 4.69) is 0 Å². The number of nitrogens with two attached hydrogens (primary N) is 1. The third-order valence-electron chi connectivity index (χ3n) is 8.79. The van der Waals surface area contributed by atoms with E-state index < -0.39 is 98.4 Å². The van der Waals surface area contributed by atoms with E-state index in [1.165, 1.54) is 6.92 Å². The summed E-state index contributed by atoms with van der Waals surface area (Å²) < 4.78 is 34.8. The van der Waals surface area contributed by atoms with Gasteiger partial charge in [-0.3, -0.25) is 0 Å². The maximum absolute atomic E-state index is 12.0. The van der Waals surface area contributed by atoms with Crippen molar-refractivity contribution in [2.24, 2.45) is 11.7 Å². The van der Waals surface area contributed by atoms with Crippen LogP contribution in [-0.2, 0) is 33.2 Å². The Morgan fingerprint density at radius 1 is 0.884 bits per heavy atom. The number of carboxylic acids is 1. The summed E-state index contributed by atoms with van der Waals surface area (Å²) in [5.74, 6) is -1.37. The van der Waals surface area contributed by atoms with Crippen LogP contribution in [0.5, 0.6) is 0 Å². The van der Waals surface area contributed by atoms with E-state index in [1.807, 2.05) is 0 Å². The van der Waals surface area contributed by atoms with E-state index in [0.717, 1.165) is 32.1 Å². The molecule has 43 heavy (non-hydrogen) atoms. The molecule has 0 radical (unpaired) electrons. The van der Waals surface area contributed by atoms with Crippen LogP contribution in [0.15, 0.2) is 0 Å². The van der Waals surface area contributed by atoms with Gasteiger partial charge in [-0.2, -0.15) is 0 Å². The zero-order valence-electron chi connectivity index (χ0n) is 24.8. The molecule has 0 aromatic carbocycles. The smallest absolute Gasteiger partial charge is 0.547 e. The normalized spacial score (nSPS) is 43.5. The first-order valence-corrected chi connectivity index (χ1v) is 14.9. The fourth-order valence-corrected chi connectivity index (χ4v) is 6.26. The number of hydrogen-bond donors (Lipinski definition) is 7. The molecule has 16 heteroatoms. The Labute approximate surface area is 272 Å². The molecule has 3 aliphatic heterocycles. The first-order valence-electron chi connectivity index (χ1n) is 14.9. The van der Waals surface area contributed by atoms with Gasteiger partial charge >= 0.3 is 29.6 Å². The SMILES string of the molecule is C[C@H]1O[C@H](O[C@@H]2[C@@H](O[C@H]3O[C@@H](CO)[C@@H](O)[C@H](O[C@@H](CC4CCCCC4)C(=O)[O-])[C@H]3O)CCO[C@@H]2CN)[C@@H](O)[C@H](O)[C@H]1O.[Na+]. The maximum atomic E-state index is 12.0. The van der Waals surface area contributed by atoms with Crippen molar-refractivity contribution in [3.05, 3.63) is 0 Å². The quantitative estimate of drug-likeness (QED) is 0.105. The second-order valence-electron chi connectivity index (χ2n) is 11.7. The summed E-state index contributed by atoms with van der Waals surface area (Å²) in [4.78, 5) is 12.0. The number of hydrogen-bond acceptors (Lipinski definition) is 15. The molecule has 3 saturated heterocycles. The number of ether oxygens (including phenoxy) is 6. The van der Waals surface area contributed by atoms with Crippen molar-refractivity contribution < 1.29 is 98.5 Å². The summed E-state index contributed by atoms with van der Waals surface area (Å²) in [5.41, 5.74) is 5.89. The fraction of sp³-hybridized carbons (Fsp3) is 0.963. The molecular weight excluding hydrogens is 585 g/mol. The third-order valence-corrected chi connectivity index (χ3v) is 8.79. The number of aliphatic hydroxyl groups excluding tert-OH is 6. The largest absolute Gasteiger partial charge is 1.00 e. The number of carbonyl (C=O) groups excluding carboxylic acids is 1. The number of carbonyl (C=O) groups is 1. The van der Waals surface area contributed by atoms with Gasteiger partial charge in [0.25, 0.3) is 0 Å². The Bertz CT molecular complexity index is 855. The van der Waals surface area contributed by atoms with Crippen molar-refractivity contribution in [1.29, 1.82) is 0 Å². The third kappa shape index (κ3) is 9.06. The van der Waals surface area contributed by atoms with Gasteiger partial charge in [0.15, 0.2) is 12.6 Å². The van der Waals surface area contributed by atoms with Gasteiger partial charge in [-0.05, 0) is 25.7 Å². The van der Waals surface area contributed by atoms with Crippen molar-refractivity contribution in [2.75, 3.05) is 19.8 Å². The average Bonchev–Trinajstić information content (AvgIpc) is 2.98. The topological polar surface area (TPSA) is 243 Å². The summed E-state index contributed by atoms with van der Waals surface area (Å²) >= 11 is 0. The molecule has 14 atom stereocenters. The van der Waals surface area contributed by atoms with Crippen LogP contribution in [0, 0.1) is 5.92 Å². The van der Waals surface area contributed by atoms with Crippen LogP contribution in [0.4, 0.5) is 0 Å². The number of aliphatic carboxylic acids is 1. The zero-order chi connectivity index (χ0) is 30.6. The molecule has 0 unspecified atom stereocenters. The van der Waals surface area contributed by atoms with E-state index in [9.17, 15) is 40.5 Å². The molecule has 1 saturated carbocycles. The summed E-state index contributed by atoms with van der Waals surface area (Å²) in [6.07, 6.45) is -13.2. The molecule has 4 rings (SSSR count). The summed E-state index contributed by atoms with van der Waals surface area (Å²) in [7, 11) is 0. The molecule has 4 aliphatic rings. The minimum absolute atomic E-state index is 0. The molecule has 8 N–H and O–H groups in total. The van der Waals surface area contributed by atoms with Crippen LogP contribution in [0.2, 0.25) is 0 Å². The van der Waals surface area contributed by atoms with E-state index in [-0.39, 0.29) is 61.5 Å². The first-order chi connectivity index (χ1) is 20.0. The van der Waals surface area contributed by atoms with Crippen LogP contribution >= 0.6 is 0 Å². The van der Waals surface area contributed by atoms with Gasteiger partial charge in [-0.1, -0.05) is 32.1 Å². The summed E-state index contributed by atoms with van der Waals surface area (Å²) in [6, 6.07) is 0. The van der Waals surface area contributed by atoms with Crippen molar-refractivity contribution in [3.63, 3.8) is 0 Å². The number of aliphatic hydroxyl groups is 6. The van der Waals surface area contributed by atoms with Gasteiger partial charge in [0.1, 0.15) is 48.8 Å². The molecule has 3 heterocycles. The van der Waals surface area contributed by atoms with Crippen LogP contribution in [0.25, 0.3) is 0 Å². The molecule has 15 nitrogen and oxygen atoms in total. The molecular formula is C27H46NNaO14. The number of rotatable bonds is 11. The second kappa shape index (κ2) is 17.2. The molecule has 244 valence electrons. The predicted molar refractivity (Wildman–Crippen MR) is 138 cm³/mol. The Morgan fingerprint density at radius 3 is 2.19 bits per heavy atom. The maximum Gasteiger partial charge on any atom is 1.00 e. The monoisotopic (exact) mass is 631 g/mol. The van der Waals surface area contributed by atoms with Crippen molar-refractivity contribution in [3.8, 4) is 0 Å². The van der Waals surface area contributed by atoms with E-state index in [4.69, 9.17) is 34.2 Å². The van der Waals surface area contributed by atoms with Gasteiger partial charge in [0.2, 0.25) is 0 Å². The molecule has 0 spiro atoms. The van der Waals surface area contributed by atoms with Crippen molar-refractivity contribution >= 4 is 5.97 Å². The Kier molecular flexibility index (Phi) is 15.0. The predicted octanol–water partition coefficient (Wildman–Crippen LogP) is -6.75. The van der Waals surface area contributed by atoms with E-state index in [1.54, 1.807) is 0 Å². The van der Waals surface area contributed by atoms with Gasteiger partial charge in [-0.15, -0.1) is 0 Å². The van der Waals surface area contributed by atoms with Crippen LogP contribution in [0.1, 0.15) is 51.9 Å². The molecule has 4 fully saturated rings. The summed E-state index contributed by atoms with van der Waals surface area (Å²) in [6.45, 7) is 0.982. The molecule has 0 aromatic rings. The minimum atomic E-state index is -1.68. The van der Waals surface area contributed by atoms with Gasteiger partial charge < -0.3 is 74.7 Å². The molecule has 0 aromatic heterocycles. The molecule has 0 amide bonds. The standard InChI is InChI=1S/C27H47NO14.Na/c1-12-18(30)20(32)21(33)26(38-12)42-23-14(7-8-37-16(23)10-28)40-27-22(34)24(19(31)17(11-29)41-27)39-15(25(35)36)9-13-5-3-2-4-6-13;/h12-24,26-27,29-34H,2-11,28H2,1H3,(H,35,36);/q;+1/p-1/t12-,14+,15+,16-,17+,18+,19-,20-,21+,22-,23-,24+,26-,27+;/m1./s1. The summed E-state index contributed by atoms with van der Waals surface area (Å²) in [5, 5.41) is 74.6. The van der Waals surface area contributed by atoms with E-state index >= 15 is 0 Å². The van der Waals surface area contributed by atoms with Crippen molar-refractivity contribution in [1.82, 2.24) is 0 Å². The average molecular weight is 632 g/mol. The molecule has 1 aliphatic carbocycles. The second-order valence-corrected chi connectivity index (χ2v) is 11.7. The fourth-order valence-electron chi connectivity index (χ4n) is 6.26. The Balaban J connectivity index is 0.00000506. The van der Waals surface area contributed by atoms with Crippen molar-refractivity contribution in [2.45, 2.75) is 138 Å². The Morgan fingerprint density at radius 2 is 1.56 bits per heavy atom.